The minimum atomic E-state index is -0.0863. The molecule has 1 aliphatic rings. The van der Waals surface area contributed by atoms with E-state index in [9.17, 15) is 4.79 Å². The summed E-state index contributed by atoms with van der Waals surface area (Å²) in [5.74, 6) is -0.0863. The van der Waals surface area contributed by atoms with Gasteiger partial charge in [-0.1, -0.05) is 0 Å². The molecule has 0 aliphatic carbocycles. The second-order valence-corrected chi connectivity index (χ2v) is 7.36. The van der Waals surface area contributed by atoms with Crippen molar-refractivity contribution in [2.75, 3.05) is 13.1 Å². The Morgan fingerprint density at radius 1 is 1.41 bits per heavy atom. The topological polar surface area (TPSA) is 54.0 Å². The molecule has 2 N–H and O–H groups in total. The maximum atomic E-state index is 12.1. The molecule has 22 heavy (non-hydrogen) atoms. The maximum absolute atomic E-state index is 12.1. The van der Waals surface area contributed by atoms with Gasteiger partial charge in [0.15, 0.2) is 0 Å². The Labute approximate surface area is 158 Å². The quantitative estimate of drug-likeness (QED) is 0.750. The van der Waals surface area contributed by atoms with Gasteiger partial charge in [-0.3, -0.25) is 4.79 Å². The molecule has 0 aromatic carbocycles. The van der Waals surface area contributed by atoms with Gasteiger partial charge in [0.25, 0.3) is 5.91 Å². The van der Waals surface area contributed by atoms with Crippen LogP contribution in [0.15, 0.2) is 21.3 Å². The molecule has 0 radical (unpaired) electrons. The fraction of sp³-hybridized carbons (Fsp3) is 0.385. The normalized spacial score (nSPS) is 16.7. The number of aromatic nitrogens is 1. The Hall–Kier alpha value is -0.180. The lowest BCUT2D eigenvalue weighted by molar-refractivity contribution is 0.0946. The first-order valence-corrected chi connectivity index (χ1v) is 8.99. The summed E-state index contributed by atoms with van der Waals surface area (Å²) in [5.41, 5.74) is 0.507. The lowest BCUT2D eigenvalue weighted by Crippen LogP contribution is -2.37. The summed E-state index contributed by atoms with van der Waals surface area (Å²) in [4.78, 5) is 17.5. The van der Waals surface area contributed by atoms with Crippen LogP contribution in [0.3, 0.4) is 0 Å². The van der Waals surface area contributed by atoms with E-state index in [1.165, 1.54) is 17.8 Å². The number of nitrogens with zero attached hydrogens (tertiary/aromatic N) is 1. The molecule has 9 heteroatoms. The summed E-state index contributed by atoms with van der Waals surface area (Å²) in [7, 11) is 0. The Bertz CT molecular complexity index is 614. The first-order valence-electron chi connectivity index (χ1n) is 6.44. The van der Waals surface area contributed by atoms with E-state index in [2.05, 4.69) is 31.5 Å². The van der Waals surface area contributed by atoms with E-state index in [0.29, 0.717) is 18.3 Å². The predicted octanol–water partition coefficient (Wildman–Crippen LogP) is 3.96. The van der Waals surface area contributed by atoms with Crippen LogP contribution in [0.4, 0.5) is 0 Å². The van der Waals surface area contributed by atoms with Gasteiger partial charge >= 0.3 is 0 Å². The van der Waals surface area contributed by atoms with Gasteiger partial charge in [-0.15, -0.1) is 47.5 Å². The van der Waals surface area contributed by atoms with Gasteiger partial charge in [0, 0.05) is 27.8 Å². The second-order valence-electron chi connectivity index (χ2n) is 4.67. The van der Waals surface area contributed by atoms with Crippen LogP contribution in [-0.2, 0) is 0 Å². The number of halogens is 3. The van der Waals surface area contributed by atoms with Crippen LogP contribution in [0, 0.1) is 0 Å². The number of hydrogen-bond donors (Lipinski definition) is 2. The van der Waals surface area contributed by atoms with Crippen molar-refractivity contribution in [1.82, 2.24) is 15.6 Å². The molecular weight excluding hydrogens is 429 g/mol. The van der Waals surface area contributed by atoms with Gasteiger partial charge in [-0.05, 0) is 41.4 Å². The van der Waals surface area contributed by atoms with Gasteiger partial charge < -0.3 is 10.6 Å². The van der Waals surface area contributed by atoms with Gasteiger partial charge in [0.1, 0.15) is 10.7 Å². The van der Waals surface area contributed by atoms with Crippen LogP contribution in [0.25, 0.3) is 9.88 Å². The van der Waals surface area contributed by atoms with Crippen molar-refractivity contribution in [2.45, 2.75) is 18.9 Å². The van der Waals surface area contributed by atoms with E-state index in [1.54, 1.807) is 11.3 Å². The van der Waals surface area contributed by atoms with Gasteiger partial charge in [0.05, 0.1) is 4.88 Å². The Kier molecular flexibility index (Phi) is 8.31. The molecule has 2 aromatic rings. The Morgan fingerprint density at radius 2 is 2.23 bits per heavy atom. The van der Waals surface area contributed by atoms with Gasteiger partial charge in [-0.2, -0.15) is 0 Å². The fourth-order valence-electron chi connectivity index (χ4n) is 2.15. The predicted molar refractivity (Wildman–Crippen MR) is 101 cm³/mol. The number of amides is 1. The number of carbonyl (C=O) groups excluding carboxylic acids is 1. The summed E-state index contributed by atoms with van der Waals surface area (Å²) in [6.07, 6.45) is 2.32. The van der Waals surface area contributed by atoms with Crippen molar-refractivity contribution in [3.05, 3.63) is 27.0 Å². The molecule has 3 heterocycles. The number of nitrogens with one attached hydrogen (secondary N) is 2. The zero-order valence-electron chi connectivity index (χ0n) is 11.5. The third-order valence-electron chi connectivity index (χ3n) is 3.19. The molecule has 4 nitrogen and oxygen atoms in total. The Morgan fingerprint density at radius 3 is 2.86 bits per heavy atom. The highest BCUT2D eigenvalue weighted by atomic mass is 79.9. The summed E-state index contributed by atoms with van der Waals surface area (Å²) < 4.78 is 1.05. The van der Waals surface area contributed by atoms with Gasteiger partial charge in [0.2, 0.25) is 0 Å². The molecule has 3 rings (SSSR count). The zero-order chi connectivity index (χ0) is 13.9. The molecule has 1 amide bonds. The summed E-state index contributed by atoms with van der Waals surface area (Å²) in [5, 5.41) is 11.0. The molecule has 2 aromatic heterocycles. The fourth-order valence-corrected chi connectivity index (χ4v) is 4.46. The third kappa shape index (κ3) is 4.91. The maximum Gasteiger partial charge on any atom is 0.270 e. The van der Waals surface area contributed by atoms with E-state index >= 15 is 0 Å². The van der Waals surface area contributed by atoms with E-state index in [-0.39, 0.29) is 30.7 Å². The molecule has 1 saturated heterocycles. The molecule has 122 valence electrons. The van der Waals surface area contributed by atoms with Crippen LogP contribution in [0.1, 0.15) is 23.3 Å². The molecule has 0 saturated carbocycles. The minimum Gasteiger partial charge on any atom is -0.349 e. The van der Waals surface area contributed by atoms with Crippen molar-refractivity contribution < 1.29 is 4.79 Å². The number of hydrogen-bond acceptors (Lipinski definition) is 5. The number of thiophene rings is 1. The smallest absolute Gasteiger partial charge is 0.270 e. The molecular formula is C13H16BrCl2N3OS2. The summed E-state index contributed by atoms with van der Waals surface area (Å²) >= 11 is 6.55. The monoisotopic (exact) mass is 443 g/mol. The third-order valence-corrected chi connectivity index (χ3v) is 5.89. The van der Waals surface area contributed by atoms with Crippen molar-refractivity contribution in [3.8, 4) is 9.88 Å². The molecule has 0 bridgehead atoms. The van der Waals surface area contributed by atoms with Crippen LogP contribution >= 0.6 is 63.4 Å². The zero-order valence-corrected chi connectivity index (χ0v) is 16.4. The van der Waals surface area contributed by atoms with Crippen LogP contribution in [0.5, 0.6) is 0 Å². The van der Waals surface area contributed by atoms with Crippen LogP contribution in [-0.4, -0.2) is 30.0 Å². The van der Waals surface area contributed by atoms with E-state index in [4.69, 9.17) is 0 Å². The SMILES string of the molecule is Cl.Cl.O=C(NCC1CCCN1)c1csc(-c2cc(Br)cs2)n1. The highest BCUT2D eigenvalue weighted by molar-refractivity contribution is 9.10. The average molecular weight is 445 g/mol. The summed E-state index contributed by atoms with van der Waals surface area (Å²) in [6, 6.07) is 2.43. The van der Waals surface area contributed by atoms with Gasteiger partial charge in [-0.25, -0.2) is 4.98 Å². The molecule has 1 aliphatic heterocycles. The highest BCUT2D eigenvalue weighted by Gasteiger charge is 2.17. The molecule has 0 spiro atoms. The Balaban J connectivity index is 0.00000121. The second kappa shape index (κ2) is 9.20. The first-order chi connectivity index (χ1) is 9.72. The van der Waals surface area contributed by atoms with Crippen molar-refractivity contribution in [2.24, 2.45) is 0 Å². The largest absolute Gasteiger partial charge is 0.349 e. The van der Waals surface area contributed by atoms with Crippen LogP contribution in [0.2, 0.25) is 0 Å². The van der Waals surface area contributed by atoms with E-state index in [1.807, 2.05) is 16.8 Å². The van der Waals surface area contributed by atoms with Crippen molar-refractivity contribution in [1.29, 1.82) is 0 Å². The molecule has 1 unspecified atom stereocenters. The van der Waals surface area contributed by atoms with Crippen molar-refractivity contribution in [3.63, 3.8) is 0 Å². The van der Waals surface area contributed by atoms with E-state index in [0.717, 1.165) is 27.3 Å². The van der Waals surface area contributed by atoms with Crippen LogP contribution < -0.4 is 10.6 Å². The minimum absolute atomic E-state index is 0. The molecule has 1 fully saturated rings. The average Bonchev–Trinajstić information content (AvgIpc) is 3.16. The number of carbonyl (C=O) groups is 1. The van der Waals surface area contributed by atoms with Crippen molar-refractivity contribution >= 4 is 69.3 Å². The summed E-state index contributed by atoms with van der Waals surface area (Å²) in [6.45, 7) is 1.73. The lowest BCUT2D eigenvalue weighted by Gasteiger charge is -2.10. The molecule has 1 atom stereocenters. The number of thiazole rings is 1. The first kappa shape index (κ1) is 19.9. The lowest BCUT2D eigenvalue weighted by atomic mass is 10.2. The standard InChI is InChI=1S/C13H14BrN3OS2.2ClH/c14-8-4-11(19-6-8)13-17-10(7-20-13)12(18)16-5-9-2-1-3-15-9;;/h4,6-7,9,15H,1-3,5H2,(H,16,18);2*1H. The van der Waals surface area contributed by atoms with E-state index < -0.39 is 0 Å². The number of rotatable bonds is 4. The highest BCUT2D eigenvalue weighted by Crippen LogP contribution is 2.31.